The van der Waals surface area contributed by atoms with Crippen molar-refractivity contribution in [2.45, 2.75) is 46.8 Å². The van der Waals surface area contributed by atoms with E-state index in [1.54, 1.807) is 0 Å². The lowest BCUT2D eigenvalue weighted by Gasteiger charge is -2.10. The fourth-order valence-corrected chi connectivity index (χ4v) is 1.89. The zero-order chi connectivity index (χ0) is 15.5. The fourth-order valence-electron chi connectivity index (χ4n) is 1.89. The number of nitrogens with two attached hydrogens (primary N) is 1. The largest absolute Gasteiger partial charge is 0.377 e. The van der Waals surface area contributed by atoms with Crippen LogP contribution >= 0.6 is 24.0 Å². The van der Waals surface area contributed by atoms with Gasteiger partial charge in [-0.1, -0.05) is 45.0 Å². The van der Waals surface area contributed by atoms with Crippen LogP contribution < -0.4 is 11.1 Å². The number of benzene rings is 1. The zero-order valence-electron chi connectivity index (χ0n) is 14.0. The van der Waals surface area contributed by atoms with Gasteiger partial charge in [-0.25, -0.2) is 4.99 Å². The maximum absolute atomic E-state index is 5.89. The molecule has 0 aliphatic carbocycles. The second kappa shape index (κ2) is 12.7. The highest BCUT2D eigenvalue weighted by molar-refractivity contribution is 14.0. The van der Waals surface area contributed by atoms with Crippen molar-refractivity contribution in [3.05, 3.63) is 35.4 Å². The standard InChI is InChI=1S/C17H29N3O.HI/c1-4-11-21-13-16-8-6-5-7-15(16)12-20-17(18)19-10-9-14(2)3;/h5-8,14H,4,9-13H2,1-3H3,(H3,18,19,20);1H. The second-order valence-electron chi connectivity index (χ2n) is 5.63. The summed E-state index contributed by atoms with van der Waals surface area (Å²) < 4.78 is 5.61. The number of ether oxygens (including phenoxy) is 1. The van der Waals surface area contributed by atoms with Crippen LogP contribution in [0.25, 0.3) is 0 Å². The molecule has 0 amide bonds. The fraction of sp³-hybridized carbons (Fsp3) is 0.588. The summed E-state index contributed by atoms with van der Waals surface area (Å²) in [6, 6.07) is 8.22. The molecule has 3 N–H and O–H groups in total. The summed E-state index contributed by atoms with van der Waals surface area (Å²) >= 11 is 0. The number of aliphatic imine (C=N–C) groups is 1. The maximum atomic E-state index is 5.89. The Morgan fingerprint density at radius 1 is 1.27 bits per heavy atom. The van der Waals surface area contributed by atoms with Crippen molar-refractivity contribution in [1.29, 1.82) is 0 Å². The first-order valence-corrected chi connectivity index (χ1v) is 7.81. The van der Waals surface area contributed by atoms with Crippen molar-refractivity contribution in [1.82, 2.24) is 5.32 Å². The third-order valence-corrected chi connectivity index (χ3v) is 3.17. The lowest BCUT2D eigenvalue weighted by atomic mass is 10.1. The molecule has 0 aliphatic heterocycles. The molecule has 0 bridgehead atoms. The summed E-state index contributed by atoms with van der Waals surface area (Å²) in [6.07, 6.45) is 2.13. The van der Waals surface area contributed by atoms with Gasteiger partial charge in [0.1, 0.15) is 0 Å². The summed E-state index contributed by atoms with van der Waals surface area (Å²) in [7, 11) is 0. The number of nitrogens with one attached hydrogen (secondary N) is 1. The van der Waals surface area contributed by atoms with Gasteiger partial charge in [-0.2, -0.15) is 0 Å². The monoisotopic (exact) mass is 419 g/mol. The topological polar surface area (TPSA) is 59.6 Å². The number of hydrogen-bond donors (Lipinski definition) is 2. The van der Waals surface area contributed by atoms with E-state index in [9.17, 15) is 0 Å². The Balaban J connectivity index is 0.00000441. The van der Waals surface area contributed by atoms with E-state index < -0.39 is 0 Å². The molecule has 1 aromatic carbocycles. The minimum Gasteiger partial charge on any atom is -0.377 e. The van der Waals surface area contributed by atoms with Crippen LogP contribution in [0, 0.1) is 5.92 Å². The summed E-state index contributed by atoms with van der Waals surface area (Å²) in [5, 5.41) is 3.15. The van der Waals surface area contributed by atoms with E-state index in [0.29, 0.717) is 25.0 Å². The van der Waals surface area contributed by atoms with Gasteiger partial charge in [0.2, 0.25) is 0 Å². The van der Waals surface area contributed by atoms with Crippen molar-refractivity contribution in [2.24, 2.45) is 16.6 Å². The van der Waals surface area contributed by atoms with Crippen LogP contribution in [-0.2, 0) is 17.9 Å². The number of hydrogen-bond acceptors (Lipinski definition) is 2. The number of nitrogens with zero attached hydrogens (tertiary/aromatic N) is 1. The Morgan fingerprint density at radius 3 is 2.59 bits per heavy atom. The predicted octanol–water partition coefficient (Wildman–Crippen LogP) is 3.68. The number of halogens is 1. The average Bonchev–Trinajstić information content (AvgIpc) is 2.46. The summed E-state index contributed by atoms with van der Waals surface area (Å²) in [6.45, 7) is 9.39. The summed E-state index contributed by atoms with van der Waals surface area (Å²) in [5.74, 6) is 1.18. The van der Waals surface area contributed by atoms with Crippen molar-refractivity contribution in [3.63, 3.8) is 0 Å². The van der Waals surface area contributed by atoms with E-state index in [-0.39, 0.29) is 24.0 Å². The Hall–Kier alpha value is -0.820. The zero-order valence-corrected chi connectivity index (χ0v) is 16.3. The average molecular weight is 419 g/mol. The first kappa shape index (κ1) is 21.2. The van der Waals surface area contributed by atoms with Gasteiger partial charge in [0, 0.05) is 13.2 Å². The van der Waals surface area contributed by atoms with E-state index in [1.165, 1.54) is 11.1 Å². The molecule has 0 radical (unpaired) electrons. The first-order valence-electron chi connectivity index (χ1n) is 7.81. The second-order valence-corrected chi connectivity index (χ2v) is 5.63. The van der Waals surface area contributed by atoms with Crippen LogP contribution in [0.4, 0.5) is 0 Å². The van der Waals surface area contributed by atoms with E-state index in [0.717, 1.165) is 26.0 Å². The summed E-state index contributed by atoms with van der Waals surface area (Å²) in [5.41, 5.74) is 8.24. The van der Waals surface area contributed by atoms with E-state index in [1.807, 2.05) is 12.1 Å². The molecule has 0 spiro atoms. The van der Waals surface area contributed by atoms with E-state index >= 15 is 0 Å². The van der Waals surface area contributed by atoms with Crippen molar-refractivity contribution < 1.29 is 4.74 Å². The number of rotatable bonds is 9. The van der Waals surface area contributed by atoms with Crippen LogP contribution in [0.5, 0.6) is 0 Å². The molecule has 0 aliphatic rings. The lowest BCUT2D eigenvalue weighted by Crippen LogP contribution is -2.32. The molecule has 22 heavy (non-hydrogen) atoms. The maximum Gasteiger partial charge on any atom is 0.188 e. The molecular formula is C17H30IN3O. The Kier molecular flexibility index (Phi) is 12.2. The minimum atomic E-state index is 0. The molecule has 0 fully saturated rings. The molecule has 4 nitrogen and oxygen atoms in total. The van der Waals surface area contributed by atoms with Crippen LogP contribution in [0.2, 0.25) is 0 Å². The van der Waals surface area contributed by atoms with Crippen LogP contribution in [0.1, 0.15) is 44.7 Å². The van der Waals surface area contributed by atoms with Gasteiger partial charge in [-0.05, 0) is 29.9 Å². The van der Waals surface area contributed by atoms with E-state index in [2.05, 4.69) is 43.2 Å². The highest BCUT2D eigenvalue weighted by Gasteiger charge is 2.02. The predicted molar refractivity (Wildman–Crippen MR) is 105 cm³/mol. The Morgan fingerprint density at radius 2 is 1.95 bits per heavy atom. The Bertz CT molecular complexity index is 436. The molecule has 0 saturated carbocycles. The quantitative estimate of drug-likeness (QED) is 0.278. The van der Waals surface area contributed by atoms with Gasteiger partial charge in [0.25, 0.3) is 0 Å². The molecule has 0 saturated heterocycles. The smallest absolute Gasteiger partial charge is 0.188 e. The first-order chi connectivity index (χ1) is 10.1. The molecule has 5 heteroatoms. The van der Waals surface area contributed by atoms with Crippen molar-refractivity contribution in [3.8, 4) is 0 Å². The van der Waals surface area contributed by atoms with Gasteiger partial charge in [-0.15, -0.1) is 24.0 Å². The number of guanidine groups is 1. The SMILES string of the molecule is CCCOCc1ccccc1CN=C(N)NCCC(C)C.I. The Labute approximate surface area is 151 Å². The molecule has 126 valence electrons. The molecule has 0 atom stereocenters. The van der Waals surface area contributed by atoms with E-state index in [4.69, 9.17) is 10.5 Å². The molecule has 0 unspecified atom stereocenters. The third-order valence-electron chi connectivity index (χ3n) is 3.17. The lowest BCUT2D eigenvalue weighted by molar-refractivity contribution is 0.121. The highest BCUT2D eigenvalue weighted by Crippen LogP contribution is 2.11. The minimum absolute atomic E-state index is 0. The molecule has 0 heterocycles. The van der Waals surface area contributed by atoms with Crippen molar-refractivity contribution in [2.75, 3.05) is 13.2 Å². The van der Waals surface area contributed by atoms with Gasteiger partial charge >= 0.3 is 0 Å². The molecule has 1 aromatic rings. The van der Waals surface area contributed by atoms with Gasteiger partial charge in [0.15, 0.2) is 5.96 Å². The molecule has 1 rings (SSSR count). The molecular weight excluding hydrogens is 389 g/mol. The molecule has 0 aromatic heterocycles. The van der Waals surface area contributed by atoms with Gasteiger partial charge in [0.05, 0.1) is 13.2 Å². The van der Waals surface area contributed by atoms with Crippen LogP contribution in [0.15, 0.2) is 29.3 Å². The summed E-state index contributed by atoms with van der Waals surface area (Å²) in [4.78, 5) is 4.41. The van der Waals surface area contributed by atoms with Gasteiger partial charge < -0.3 is 15.8 Å². The van der Waals surface area contributed by atoms with Crippen LogP contribution in [0.3, 0.4) is 0 Å². The van der Waals surface area contributed by atoms with Gasteiger partial charge in [-0.3, -0.25) is 0 Å². The van der Waals surface area contributed by atoms with Crippen LogP contribution in [-0.4, -0.2) is 19.1 Å². The third kappa shape index (κ3) is 9.25. The highest BCUT2D eigenvalue weighted by atomic mass is 127. The normalized spacial score (nSPS) is 11.4. The van der Waals surface area contributed by atoms with Crippen molar-refractivity contribution >= 4 is 29.9 Å².